The van der Waals surface area contributed by atoms with Crippen molar-refractivity contribution in [1.29, 1.82) is 0 Å². The van der Waals surface area contributed by atoms with Crippen molar-refractivity contribution >= 4 is 54.6 Å². The second kappa shape index (κ2) is 12.1. The summed E-state index contributed by atoms with van der Waals surface area (Å²) in [6.45, 7) is 0. The fraction of sp³-hybridized carbons (Fsp3) is 0. The van der Waals surface area contributed by atoms with Gasteiger partial charge in [-0.3, -0.25) is 0 Å². The van der Waals surface area contributed by atoms with E-state index in [-0.39, 0.29) is 0 Å². The van der Waals surface area contributed by atoms with E-state index >= 15 is 0 Å². The Bertz CT molecular complexity index is 3210. The smallest absolute Gasteiger partial charge is 0.161 e. The van der Waals surface area contributed by atoms with Crippen LogP contribution in [0.1, 0.15) is 0 Å². The van der Waals surface area contributed by atoms with Gasteiger partial charge < -0.3 is 8.98 Å². The highest BCUT2D eigenvalue weighted by Crippen LogP contribution is 2.41. The SMILES string of the molecule is c1ccc(-c2nc(-c3ccccc3-c3cccc4c3oc3ccccc34)nc3ccc(-c4ccc5c(c4)c4ccccc4n5-c4ccccc4)cc23)cc1. The van der Waals surface area contributed by atoms with Crippen molar-refractivity contribution in [2.75, 3.05) is 0 Å². The first-order chi connectivity index (χ1) is 26.8. The van der Waals surface area contributed by atoms with E-state index < -0.39 is 0 Å². The minimum atomic E-state index is 0.674. The molecule has 0 amide bonds. The van der Waals surface area contributed by atoms with Gasteiger partial charge in [-0.05, 0) is 65.2 Å². The molecule has 54 heavy (non-hydrogen) atoms. The maximum Gasteiger partial charge on any atom is 0.161 e. The van der Waals surface area contributed by atoms with E-state index in [0.717, 1.165) is 77.6 Å². The summed E-state index contributed by atoms with van der Waals surface area (Å²) in [4.78, 5) is 10.6. The van der Waals surface area contributed by atoms with Crippen LogP contribution in [0.25, 0.3) is 105 Å². The maximum atomic E-state index is 6.48. The Kier molecular flexibility index (Phi) is 6.82. The summed E-state index contributed by atoms with van der Waals surface area (Å²) in [5, 5.41) is 5.66. The number of rotatable bonds is 5. The number of hydrogen-bond acceptors (Lipinski definition) is 3. The first kappa shape index (κ1) is 30.3. The molecule has 0 unspecified atom stereocenters. The lowest BCUT2D eigenvalue weighted by molar-refractivity contribution is 0.670. The fourth-order valence-electron chi connectivity index (χ4n) is 8.12. The van der Waals surface area contributed by atoms with Crippen LogP contribution in [0.15, 0.2) is 192 Å². The quantitative estimate of drug-likeness (QED) is 0.181. The molecule has 0 saturated carbocycles. The number of para-hydroxylation sites is 4. The summed E-state index contributed by atoms with van der Waals surface area (Å²) in [7, 11) is 0. The molecular formula is C50H31N3O. The summed E-state index contributed by atoms with van der Waals surface area (Å²) in [5.41, 5.74) is 13.4. The topological polar surface area (TPSA) is 43.9 Å². The van der Waals surface area contributed by atoms with E-state index in [2.05, 4.69) is 174 Å². The Morgan fingerprint density at radius 2 is 1.02 bits per heavy atom. The zero-order valence-electron chi connectivity index (χ0n) is 29.1. The minimum Gasteiger partial charge on any atom is -0.455 e. The van der Waals surface area contributed by atoms with Crippen molar-refractivity contribution in [2.45, 2.75) is 0 Å². The van der Waals surface area contributed by atoms with Gasteiger partial charge >= 0.3 is 0 Å². The van der Waals surface area contributed by atoms with Crippen LogP contribution in [-0.2, 0) is 0 Å². The predicted octanol–water partition coefficient (Wildman–Crippen LogP) is 13.3. The number of aromatic nitrogens is 3. The largest absolute Gasteiger partial charge is 0.455 e. The van der Waals surface area contributed by atoms with Crippen LogP contribution >= 0.6 is 0 Å². The Morgan fingerprint density at radius 1 is 0.389 bits per heavy atom. The molecule has 4 heteroatoms. The van der Waals surface area contributed by atoms with Crippen molar-refractivity contribution in [3.8, 4) is 50.6 Å². The summed E-state index contributed by atoms with van der Waals surface area (Å²) < 4.78 is 8.83. The van der Waals surface area contributed by atoms with Crippen molar-refractivity contribution in [2.24, 2.45) is 0 Å². The summed E-state index contributed by atoms with van der Waals surface area (Å²) in [6, 6.07) is 66.0. The molecule has 0 saturated heterocycles. The lowest BCUT2D eigenvalue weighted by Gasteiger charge is -2.14. The third-order valence-corrected chi connectivity index (χ3v) is 10.6. The second-order valence-electron chi connectivity index (χ2n) is 13.7. The standard InChI is InChI=1S/C50H31N3O/c1-3-14-32(15-4-1)48-43-31-33(34-27-29-46-42(30-34)37-19-9-11-24-45(37)53(46)35-16-5-2-6-17-35)26-28-44(43)51-50(52-48)41-21-8-7-18-36(41)39-22-13-23-40-38-20-10-12-25-47(38)54-49(39)40/h1-31H. The second-order valence-corrected chi connectivity index (χ2v) is 13.7. The highest BCUT2D eigenvalue weighted by Gasteiger charge is 2.19. The molecule has 252 valence electrons. The lowest BCUT2D eigenvalue weighted by atomic mass is 9.96. The Labute approximate surface area is 311 Å². The normalized spacial score (nSPS) is 11.7. The molecule has 0 aliphatic heterocycles. The number of fused-ring (bicyclic) bond motifs is 7. The first-order valence-corrected chi connectivity index (χ1v) is 18.2. The van der Waals surface area contributed by atoms with Gasteiger partial charge in [0.25, 0.3) is 0 Å². The molecular weight excluding hydrogens is 659 g/mol. The van der Waals surface area contributed by atoms with Crippen molar-refractivity contribution in [3.63, 3.8) is 0 Å². The van der Waals surface area contributed by atoms with Crippen LogP contribution in [-0.4, -0.2) is 14.5 Å². The van der Waals surface area contributed by atoms with Crippen LogP contribution in [0.2, 0.25) is 0 Å². The van der Waals surface area contributed by atoms with E-state index in [1.807, 2.05) is 18.2 Å². The molecule has 8 aromatic carbocycles. The Hall–Kier alpha value is -7.30. The van der Waals surface area contributed by atoms with Crippen molar-refractivity contribution < 1.29 is 4.42 Å². The average molecular weight is 690 g/mol. The third kappa shape index (κ3) is 4.78. The molecule has 3 aromatic heterocycles. The molecule has 0 atom stereocenters. The molecule has 0 spiro atoms. The highest BCUT2D eigenvalue weighted by molar-refractivity contribution is 6.12. The molecule has 0 N–H and O–H groups in total. The van der Waals surface area contributed by atoms with Crippen molar-refractivity contribution in [3.05, 3.63) is 188 Å². The van der Waals surface area contributed by atoms with Gasteiger partial charge in [0.15, 0.2) is 5.82 Å². The fourth-order valence-corrected chi connectivity index (χ4v) is 8.12. The summed E-state index contributed by atoms with van der Waals surface area (Å²) in [5.74, 6) is 0.674. The monoisotopic (exact) mass is 689 g/mol. The number of benzene rings is 8. The molecule has 0 aliphatic rings. The van der Waals surface area contributed by atoms with Gasteiger partial charge in [-0.25, -0.2) is 9.97 Å². The summed E-state index contributed by atoms with van der Waals surface area (Å²) in [6.07, 6.45) is 0. The van der Waals surface area contributed by atoms with E-state index in [0.29, 0.717) is 5.82 Å². The summed E-state index contributed by atoms with van der Waals surface area (Å²) >= 11 is 0. The molecule has 0 aliphatic carbocycles. The predicted molar refractivity (Wildman–Crippen MR) is 223 cm³/mol. The van der Waals surface area contributed by atoms with Gasteiger partial charge in [0, 0.05) is 49.3 Å². The third-order valence-electron chi connectivity index (χ3n) is 10.6. The molecule has 0 bridgehead atoms. The minimum absolute atomic E-state index is 0.674. The lowest BCUT2D eigenvalue weighted by Crippen LogP contribution is -1.97. The number of nitrogens with zero attached hydrogens (tertiary/aromatic N) is 3. The molecule has 4 nitrogen and oxygen atoms in total. The molecule has 0 fully saturated rings. The van der Waals surface area contributed by atoms with Gasteiger partial charge in [0.2, 0.25) is 0 Å². The van der Waals surface area contributed by atoms with Gasteiger partial charge in [0.05, 0.1) is 22.2 Å². The highest BCUT2D eigenvalue weighted by atomic mass is 16.3. The van der Waals surface area contributed by atoms with Crippen LogP contribution in [0.5, 0.6) is 0 Å². The zero-order chi connectivity index (χ0) is 35.6. The van der Waals surface area contributed by atoms with Crippen molar-refractivity contribution in [1.82, 2.24) is 14.5 Å². The van der Waals surface area contributed by atoms with E-state index in [9.17, 15) is 0 Å². The van der Waals surface area contributed by atoms with Gasteiger partial charge in [0.1, 0.15) is 11.2 Å². The number of furan rings is 1. The molecule has 3 heterocycles. The molecule has 0 radical (unpaired) electrons. The van der Waals surface area contributed by atoms with Gasteiger partial charge in [-0.15, -0.1) is 0 Å². The van der Waals surface area contributed by atoms with E-state index in [1.165, 1.54) is 21.8 Å². The van der Waals surface area contributed by atoms with Crippen LogP contribution < -0.4 is 0 Å². The Morgan fingerprint density at radius 3 is 1.87 bits per heavy atom. The number of hydrogen-bond donors (Lipinski definition) is 0. The van der Waals surface area contributed by atoms with Gasteiger partial charge in [-0.2, -0.15) is 0 Å². The van der Waals surface area contributed by atoms with E-state index in [4.69, 9.17) is 14.4 Å². The van der Waals surface area contributed by atoms with E-state index in [1.54, 1.807) is 0 Å². The molecule has 11 aromatic rings. The first-order valence-electron chi connectivity index (χ1n) is 18.2. The zero-order valence-corrected chi connectivity index (χ0v) is 29.1. The molecule has 11 rings (SSSR count). The Balaban J connectivity index is 1.09. The van der Waals surface area contributed by atoms with Crippen LogP contribution in [0.4, 0.5) is 0 Å². The van der Waals surface area contributed by atoms with Crippen LogP contribution in [0, 0.1) is 0 Å². The van der Waals surface area contributed by atoms with Gasteiger partial charge in [-0.1, -0.05) is 140 Å². The average Bonchev–Trinajstić information content (AvgIpc) is 3.79. The maximum absolute atomic E-state index is 6.48. The van der Waals surface area contributed by atoms with Crippen LogP contribution in [0.3, 0.4) is 0 Å².